The van der Waals surface area contributed by atoms with Gasteiger partial charge in [0.15, 0.2) is 0 Å². The number of allylic oxidation sites excluding steroid dienone is 1. The van der Waals surface area contributed by atoms with E-state index in [1.54, 1.807) is 0 Å². The van der Waals surface area contributed by atoms with Crippen LogP contribution >= 0.6 is 0 Å². The lowest BCUT2D eigenvalue weighted by Gasteiger charge is -2.30. The van der Waals surface area contributed by atoms with Crippen LogP contribution in [0.1, 0.15) is 18.4 Å². The summed E-state index contributed by atoms with van der Waals surface area (Å²) in [5.41, 5.74) is 0.498. The summed E-state index contributed by atoms with van der Waals surface area (Å²) in [6, 6.07) is 10.1. The normalized spacial score (nSPS) is 39.2. The van der Waals surface area contributed by atoms with Crippen LogP contribution in [0, 0.1) is 11.8 Å². The summed E-state index contributed by atoms with van der Waals surface area (Å²) in [5, 5.41) is 10.6. The molecule has 2 bridgehead atoms. The number of benzene rings is 1. The number of hydrogen-bond acceptors (Lipinski definition) is 1. The summed E-state index contributed by atoms with van der Waals surface area (Å²) in [5.74, 6) is 0.945. The number of aliphatic hydroxyl groups is 1. The minimum atomic E-state index is -0.583. The van der Waals surface area contributed by atoms with Gasteiger partial charge in [0.1, 0.15) is 0 Å². The van der Waals surface area contributed by atoms with Gasteiger partial charge in [0.25, 0.3) is 0 Å². The molecule has 1 nitrogen and oxygen atoms in total. The zero-order valence-corrected chi connectivity index (χ0v) is 8.06. The Kier molecular flexibility index (Phi) is 1.59. The Balaban J connectivity index is 2.03. The summed E-state index contributed by atoms with van der Waals surface area (Å²) in [4.78, 5) is 0. The van der Waals surface area contributed by atoms with Crippen LogP contribution < -0.4 is 0 Å². The van der Waals surface area contributed by atoms with E-state index in [0.717, 1.165) is 18.4 Å². The molecule has 2 aliphatic carbocycles. The van der Waals surface area contributed by atoms with Crippen LogP contribution in [0.4, 0.5) is 0 Å². The standard InChI is InChI=1S/C13H14O/c14-13(11-4-2-1-3-5-11)9-10-6-7-12(13)8-10/h1-7,10,12,14H,8-9H2/t10-,12+,13+/m0/s1. The smallest absolute Gasteiger partial charge is 0.0964 e. The van der Waals surface area contributed by atoms with E-state index >= 15 is 0 Å². The van der Waals surface area contributed by atoms with Gasteiger partial charge in [0.2, 0.25) is 0 Å². The van der Waals surface area contributed by atoms with Gasteiger partial charge in [-0.1, -0.05) is 42.5 Å². The van der Waals surface area contributed by atoms with Gasteiger partial charge in [0.05, 0.1) is 5.60 Å². The predicted octanol–water partition coefficient (Wildman–Crippen LogP) is 2.47. The van der Waals surface area contributed by atoms with E-state index in [0.29, 0.717) is 11.8 Å². The van der Waals surface area contributed by atoms with Gasteiger partial charge in [-0.05, 0) is 24.3 Å². The summed E-state index contributed by atoms with van der Waals surface area (Å²) >= 11 is 0. The van der Waals surface area contributed by atoms with Crippen LogP contribution in [0.25, 0.3) is 0 Å². The molecule has 1 aromatic rings. The van der Waals surface area contributed by atoms with Gasteiger partial charge < -0.3 is 5.11 Å². The molecule has 2 aliphatic rings. The fourth-order valence-electron chi connectivity index (χ4n) is 2.89. The van der Waals surface area contributed by atoms with Crippen molar-refractivity contribution in [2.24, 2.45) is 11.8 Å². The van der Waals surface area contributed by atoms with E-state index in [-0.39, 0.29) is 0 Å². The monoisotopic (exact) mass is 186 g/mol. The highest BCUT2D eigenvalue weighted by Gasteiger charge is 2.47. The van der Waals surface area contributed by atoms with E-state index < -0.39 is 5.60 Å². The van der Waals surface area contributed by atoms with Crippen molar-refractivity contribution in [2.75, 3.05) is 0 Å². The predicted molar refractivity (Wildman–Crippen MR) is 55.7 cm³/mol. The Labute approximate surface area is 84.1 Å². The third kappa shape index (κ3) is 0.992. The zero-order valence-electron chi connectivity index (χ0n) is 8.06. The van der Waals surface area contributed by atoms with E-state index in [1.807, 2.05) is 30.3 Å². The molecule has 72 valence electrons. The van der Waals surface area contributed by atoms with Crippen LogP contribution in [0.5, 0.6) is 0 Å². The molecule has 0 saturated heterocycles. The van der Waals surface area contributed by atoms with Crippen molar-refractivity contribution in [2.45, 2.75) is 18.4 Å². The van der Waals surface area contributed by atoms with Gasteiger partial charge in [-0.2, -0.15) is 0 Å². The molecule has 1 N–H and O–H groups in total. The molecule has 0 amide bonds. The first-order chi connectivity index (χ1) is 6.79. The summed E-state index contributed by atoms with van der Waals surface area (Å²) < 4.78 is 0. The molecule has 3 rings (SSSR count). The van der Waals surface area contributed by atoms with E-state index in [1.165, 1.54) is 0 Å². The van der Waals surface area contributed by atoms with Crippen LogP contribution in [0.15, 0.2) is 42.5 Å². The first-order valence-electron chi connectivity index (χ1n) is 5.25. The van der Waals surface area contributed by atoms with Gasteiger partial charge in [-0.3, -0.25) is 0 Å². The molecule has 1 aromatic carbocycles. The summed E-state index contributed by atoms with van der Waals surface area (Å²) in [7, 11) is 0. The van der Waals surface area contributed by atoms with Crippen molar-refractivity contribution in [1.29, 1.82) is 0 Å². The van der Waals surface area contributed by atoms with Crippen LogP contribution in [0.2, 0.25) is 0 Å². The average Bonchev–Trinajstić information content (AvgIpc) is 2.79. The Hall–Kier alpha value is -1.08. The molecule has 0 unspecified atom stereocenters. The van der Waals surface area contributed by atoms with Gasteiger partial charge in [0, 0.05) is 5.92 Å². The SMILES string of the molecule is O[C@@]1(c2ccccc2)C[C@H]2C=C[C@@H]1C2. The minimum absolute atomic E-state index is 0.342. The Morgan fingerprint density at radius 1 is 1.14 bits per heavy atom. The third-order valence-corrected chi connectivity index (χ3v) is 3.63. The second kappa shape index (κ2) is 2.71. The molecule has 3 atom stereocenters. The quantitative estimate of drug-likeness (QED) is 0.668. The molecule has 14 heavy (non-hydrogen) atoms. The topological polar surface area (TPSA) is 20.2 Å². The van der Waals surface area contributed by atoms with Crippen molar-refractivity contribution in [3.8, 4) is 0 Å². The van der Waals surface area contributed by atoms with Gasteiger partial charge >= 0.3 is 0 Å². The van der Waals surface area contributed by atoms with Crippen molar-refractivity contribution < 1.29 is 5.11 Å². The molecular weight excluding hydrogens is 172 g/mol. The molecule has 1 saturated carbocycles. The molecule has 1 fully saturated rings. The van der Waals surface area contributed by atoms with Crippen LogP contribution in [0.3, 0.4) is 0 Å². The largest absolute Gasteiger partial charge is 0.385 e. The number of rotatable bonds is 1. The molecule has 0 heterocycles. The minimum Gasteiger partial charge on any atom is -0.385 e. The fourth-order valence-corrected chi connectivity index (χ4v) is 2.89. The Bertz CT molecular complexity index is 368. The first-order valence-corrected chi connectivity index (χ1v) is 5.25. The lowest BCUT2D eigenvalue weighted by atomic mass is 9.82. The maximum Gasteiger partial charge on any atom is 0.0964 e. The van der Waals surface area contributed by atoms with Gasteiger partial charge in [-0.15, -0.1) is 0 Å². The molecule has 0 radical (unpaired) electrons. The molecule has 0 aliphatic heterocycles. The summed E-state index contributed by atoms with van der Waals surface area (Å²) in [6.07, 6.45) is 6.47. The van der Waals surface area contributed by atoms with Crippen molar-refractivity contribution in [3.63, 3.8) is 0 Å². The number of fused-ring (bicyclic) bond motifs is 2. The second-order valence-electron chi connectivity index (χ2n) is 4.48. The Morgan fingerprint density at radius 2 is 1.93 bits per heavy atom. The first kappa shape index (κ1) is 8.25. The fraction of sp³-hybridized carbons (Fsp3) is 0.385. The van der Waals surface area contributed by atoms with Crippen LogP contribution in [-0.2, 0) is 5.60 Å². The lowest BCUT2D eigenvalue weighted by Crippen LogP contribution is -2.30. The maximum atomic E-state index is 10.6. The molecule has 0 aromatic heterocycles. The average molecular weight is 186 g/mol. The van der Waals surface area contributed by atoms with E-state index in [4.69, 9.17) is 0 Å². The van der Waals surface area contributed by atoms with Crippen LogP contribution in [-0.4, -0.2) is 5.11 Å². The van der Waals surface area contributed by atoms with E-state index in [9.17, 15) is 5.11 Å². The van der Waals surface area contributed by atoms with Crippen molar-refractivity contribution >= 4 is 0 Å². The van der Waals surface area contributed by atoms with Gasteiger partial charge in [-0.25, -0.2) is 0 Å². The number of hydrogen-bond donors (Lipinski definition) is 1. The Morgan fingerprint density at radius 3 is 2.50 bits per heavy atom. The van der Waals surface area contributed by atoms with Crippen molar-refractivity contribution in [1.82, 2.24) is 0 Å². The van der Waals surface area contributed by atoms with Crippen molar-refractivity contribution in [3.05, 3.63) is 48.0 Å². The highest BCUT2D eigenvalue weighted by molar-refractivity contribution is 5.30. The summed E-state index contributed by atoms with van der Waals surface area (Å²) in [6.45, 7) is 0. The third-order valence-electron chi connectivity index (χ3n) is 3.63. The zero-order chi connectivity index (χ0) is 9.60. The molecular formula is C13H14O. The second-order valence-corrected chi connectivity index (χ2v) is 4.48. The molecule has 0 spiro atoms. The highest BCUT2D eigenvalue weighted by atomic mass is 16.3. The van der Waals surface area contributed by atoms with E-state index in [2.05, 4.69) is 12.2 Å². The molecule has 1 heteroatoms. The highest BCUT2D eigenvalue weighted by Crippen LogP contribution is 2.51. The maximum absolute atomic E-state index is 10.6. The lowest BCUT2D eigenvalue weighted by molar-refractivity contribution is 0.0103.